The number of hydrogen-bond donors (Lipinski definition) is 4. The zero-order valence-electron chi connectivity index (χ0n) is 20.9. The minimum atomic E-state index is -1.32. The van der Waals surface area contributed by atoms with Crippen molar-refractivity contribution < 1.29 is 18.7 Å². The second kappa shape index (κ2) is 8.00. The number of rotatable bonds is 4. The summed E-state index contributed by atoms with van der Waals surface area (Å²) in [6, 6.07) is 7.56. The summed E-state index contributed by atoms with van der Waals surface area (Å²) < 4.78 is 31.6. The summed E-state index contributed by atoms with van der Waals surface area (Å²) in [5.41, 5.74) is 8.82. The van der Waals surface area contributed by atoms with E-state index in [4.69, 9.17) is 5.73 Å². The molecule has 0 unspecified atom stereocenters. The first-order valence-corrected chi connectivity index (χ1v) is 12.6. The van der Waals surface area contributed by atoms with Gasteiger partial charge in [0.05, 0.1) is 27.7 Å². The molecule has 2 atom stereocenters. The maximum absolute atomic E-state index is 15.5. The molecule has 5 heterocycles. The highest BCUT2D eigenvalue weighted by atomic mass is 19.2. The molecular weight excluding hydrogens is 506 g/mol. The van der Waals surface area contributed by atoms with E-state index in [1.165, 1.54) is 10.5 Å². The standard InChI is InChI=1S/C28H24F2N6O3/c1-32-18-8-17(29)22(30)20-21-24(35-7-6-28(12-35)9-19(28)31)16(10-33-25(21)34-23(18)20)13-2-3-14-4-5-15(27(38)39)26(37)36(14)11-13/h2-5,8,10-11,19,32H,6-7,9,12,31H2,1H3,(H,33,34)(H,38,39)/t19-,28-/m1/s1. The molecule has 11 heteroatoms. The van der Waals surface area contributed by atoms with E-state index in [2.05, 4.69) is 20.2 Å². The van der Waals surface area contributed by atoms with Crippen LogP contribution in [-0.4, -0.2) is 51.6 Å². The van der Waals surface area contributed by atoms with E-state index in [1.54, 1.807) is 37.6 Å². The summed E-state index contributed by atoms with van der Waals surface area (Å²) in [4.78, 5) is 34.4. The molecule has 4 aromatic heterocycles. The molecule has 0 amide bonds. The van der Waals surface area contributed by atoms with Crippen molar-refractivity contribution in [3.63, 3.8) is 0 Å². The maximum Gasteiger partial charge on any atom is 0.341 e. The van der Waals surface area contributed by atoms with Gasteiger partial charge in [0.25, 0.3) is 5.56 Å². The van der Waals surface area contributed by atoms with Gasteiger partial charge < -0.3 is 26.0 Å². The molecular formula is C28H24F2N6O3. The smallest absolute Gasteiger partial charge is 0.341 e. The summed E-state index contributed by atoms with van der Waals surface area (Å²) in [6.45, 7) is 1.32. The van der Waals surface area contributed by atoms with E-state index < -0.39 is 23.2 Å². The molecule has 1 aliphatic carbocycles. The van der Waals surface area contributed by atoms with Crippen molar-refractivity contribution in [3.05, 3.63) is 70.3 Å². The minimum Gasteiger partial charge on any atom is -0.477 e. The van der Waals surface area contributed by atoms with E-state index in [0.29, 0.717) is 57.7 Å². The van der Waals surface area contributed by atoms with Crippen LogP contribution >= 0.6 is 0 Å². The van der Waals surface area contributed by atoms with Gasteiger partial charge in [-0.25, -0.2) is 18.6 Å². The first kappa shape index (κ1) is 23.6. The number of hydrogen-bond acceptors (Lipinski definition) is 6. The van der Waals surface area contributed by atoms with E-state index in [9.17, 15) is 19.1 Å². The zero-order chi connectivity index (χ0) is 27.2. The number of carboxylic acid groups (broad SMARTS) is 1. The predicted molar refractivity (Wildman–Crippen MR) is 145 cm³/mol. The fraction of sp³-hybridized carbons (Fsp3) is 0.250. The average molecular weight is 531 g/mol. The molecule has 0 radical (unpaired) electrons. The van der Waals surface area contributed by atoms with Crippen molar-refractivity contribution in [2.24, 2.45) is 11.1 Å². The number of carboxylic acids is 1. The fourth-order valence-electron chi connectivity index (χ4n) is 6.13. The first-order valence-electron chi connectivity index (χ1n) is 12.6. The number of pyridine rings is 3. The fourth-order valence-corrected chi connectivity index (χ4v) is 6.13. The normalized spacial score (nSPS) is 20.5. The summed E-state index contributed by atoms with van der Waals surface area (Å²) in [5.74, 6) is -3.28. The van der Waals surface area contributed by atoms with Crippen molar-refractivity contribution in [1.82, 2.24) is 14.4 Å². The molecule has 9 nitrogen and oxygen atoms in total. The Balaban J connectivity index is 1.55. The lowest BCUT2D eigenvalue weighted by Gasteiger charge is -2.24. The summed E-state index contributed by atoms with van der Waals surface area (Å²) in [5, 5.41) is 12.9. The van der Waals surface area contributed by atoms with Gasteiger partial charge in [0.1, 0.15) is 11.2 Å². The number of halogens is 2. The van der Waals surface area contributed by atoms with Gasteiger partial charge in [-0.1, -0.05) is 6.07 Å². The van der Waals surface area contributed by atoms with Crippen LogP contribution in [0.25, 0.3) is 38.6 Å². The molecule has 7 rings (SSSR count). The van der Waals surface area contributed by atoms with Gasteiger partial charge in [-0.2, -0.15) is 0 Å². The molecule has 1 aromatic carbocycles. The Morgan fingerprint density at radius 1 is 1.26 bits per heavy atom. The van der Waals surface area contributed by atoms with E-state index in [0.717, 1.165) is 18.9 Å². The molecule has 2 fully saturated rings. The van der Waals surface area contributed by atoms with Crippen molar-refractivity contribution in [2.75, 3.05) is 30.4 Å². The van der Waals surface area contributed by atoms with E-state index >= 15 is 4.39 Å². The lowest BCUT2D eigenvalue weighted by molar-refractivity contribution is 0.0694. The molecule has 2 aliphatic rings. The number of carbonyl (C=O) groups is 1. The third-order valence-electron chi connectivity index (χ3n) is 8.38. The van der Waals surface area contributed by atoms with Crippen LogP contribution in [0.2, 0.25) is 0 Å². The maximum atomic E-state index is 15.5. The number of nitrogens with two attached hydrogens (primary N) is 1. The number of H-pyrrole nitrogens is 1. The Hall–Kier alpha value is -4.51. The SMILES string of the molecule is CNc1cc(F)c(F)c2c1[nH]c1ncc(-c3ccc4ccc(C(=O)O)c(=O)n4c3)c(N3CC[C@@]4(C[C@H]4N)C3)c12. The van der Waals surface area contributed by atoms with Crippen molar-refractivity contribution in [3.8, 4) is 11.1 Å². The van der Waals surface area contributed by atoms with Gasteiger partial charge in [-0.3, -0.25) is 9.20 Å². The van der Waals surface area contributed by atoms with Crippen LogP contribution in [0, 0.1) is 17.0 Å². The van der Waals surface area contributed by atoms with Crippen LogP contribution in [-0.2, 0) is 0 Å². The topological polar surface area (TPSA) is 129 Å². The van der Waals surface area contributed by atoms with Crippen molar-refractivity contribution in [2.45, 2.75) is 18.9 Å². The van der Waals surface area contributed by atoms with Crippen LogP contribution in [0.3, 0.4) is 0 Å². The third kappa shape index (κ3) is 3.29. The Morgan fingerprint density at radius 3 is 2.72 bits per heavy atom. The molecule has 0 bridgehead atoms. The minimum absolute atomic E-state index is 0.0182. The monoisotopic (exact) mass is 530 g/mol. The number of fused-ring (bicyclic) bond motifs is 4. The van der Waals surface area contributed by atoms with Gasteiger partial charge in [-0.05, 0) is 31.0 Å². The van der Waals surface area contributed by atoms with Crippen LogP contribution in [0.1, 0.15) is 23.2 Å². The molecule has 5 aromatic rings. The van der Waals surface area contributed by atoms with Crippen LogP contribution in [0.5, 0.6) is 0 Å². The highest BCUT2D eigenvalue weighted by Gasteiger charge is 2.56. The Morgan fingerprint density at radius 2 is 2.03 bits per heavy atom. The molecule has 1 aliphatic heterocycles. The number of benzene rings is 1. The number of aromatic amines is 1. The number of aromatic carboxylic acids is 1. The molecule has 39 heavy (non-hydrogen) atoms. The van der Waals surface area contributed by atoms with Gasteiger partial charge in [0, 0.05) is 66.7 Å². The highest BCUT2D eigenvalue weighted by Crippen LogP contribution is 2.54. The number of aromatic nitrogens is 3. The first-order chi connectivity index (χ1) is 18.7. The zero-order valence-corrected chi connectivity index (χ0v) is 20.9. The third-order valence-corrected chi connectivity index (χ3v) is 8.38. The van der Waals surface area contributed by atoms with E-state index in [1.807, 2.05) is 0 Å². The van der Waals surface area contributed by atoms with Crippen LogP contribution in [0.4, 0.5) is 20.2 Å². The Kier molecular flexibility index (Phi) is 4.84. The van der Waals surface area contributed by atoms with Gasteiger partial charge >= 0.3 is 5.97 Å². The van der Waals surface area contributed by atoms with Crippen LogP contribution in [0.15, 0.2) is 47.5 Å². The second-order valence-electron chi connectivity index (χ2n) is 10.5. The molecule has 198 valence electrons. The Bertz CT molecular complexity index is 1930. The average Bonchev–Trinajstić information content (AvgIpc) is 3.23. The summed E-state index contributed by atoms with van der Waals surface area (Å²) in [7, 11) is 1.63. The highest BCUT2D eigenvalue weighted by molar-refractivity contribution is 6.18. The number of nitrogens with one attached hydrogen (secondary N) is 2. The van der Waals surface area contributed by atoms with Gasteiger partial charge in [0.2, 0.25) is 0 Å². The number of nitrogens with zero attached hydrogens (tertiary/aromatic N) is 3. The molecule has 1 saturated heterocycles. The molecule has 1 spiro atoms. The quantitative estimate of drug-likeness (QED) is 0.277. The Labute approximate surface area is 219 Å². The number of anilines is 2. The van der Waals surface area contributed by atoms with Crippen LogP contribution < -0.4 is 21.5 Å². The van der Waals surface area contributed by atoms with Crippen molar-refractivity contribution in [1.29, 1.82) is 0 Å². The lowest BCUT2D eigenvalue weighted by Crippen LogP contribution is -2.24. The predicted octanol–water partition coefficient (Wildman–Crippen LogP) is 3.94. The molecule has 5 N–H and O–H groups in total. The van der Waals surface area contributed by atoms with Gasteiger partial charge in [0.15, 0.2) is 11.6 Å². The van der Waals surface area contributed by atoms with Gasteiger partial charge in [-0.15, -0.1) is 0 Å². The summed E-state index contributed by atoms with van der Waals surface area (Å²) >= 11 is 0. The lowest BCUT2D eigenvalue weighted by atomic mass is 10.0. The largest absolute Gasteiger partial charge is 0.477 e. The van der Waals surface area contributed by atoms with Crippen molar-refractivity contribution >= 4 is 44.8 Å². The second-order valence-corrected chi connectivity index (χ2v) is 10.5. The molecule has 1 saturated carbocycles. The summed E-state index contributed by atoms with van der Waals surface area (Å²) in [6.07, 6.45) is 4.98. The van der Waals surface area contributed by atoms with E-state index in [-0.39, 0.29) is 22.4 Å².